The van der Waals surface area contributed by atoms with Crippen LogP contribution in [0.1, 0.15) is 48.9 Å². The highest BCUT2D eigenvalue weighted by molar-refractivity contribution is 7.80. The maximum absolute atomic E-state index is 12.5. The van der Waals surface area contributed by atoms with Gasteiger partial charge in [-0.05, 0) is 31.0 Å². The van der Waals surface area contributed by atoms with E-state index in [1.165, 1.54) is 0 Å². The third-order valence-electron chi connectivity index (χ3n) is 3.95. The fraction of sp³-hybridized carbons (Fsp3) is 0.467. The van der Waals surface area contributed by atoms with Crippen molar-refractivity contribution in [1.82, 2.24) is 5.32 Å². The van der Waals surface area contributed by atoms with E-state index < -0.39 is 5.54 Å². The van der Waals surface area contributed by atoms with Crippen LogP contribution in [0.3, 0.4) is 0 Å². The van der Waals surface area contributed by atoms with Gasteiger partial charge in [0.1, 0.15) is 0 Å². The number of thiocarbonyl (C=S) groups is 1. The predicted molar refractivity (Wildman–Crippen MR) is 91.1 cm³/mol. The van der Waals surface area contributed by atoms with Crippen LogP contribution in [0.15, 0.2) is 18.2 Å². The molecule has 1 saturated carbocycles. The lowest BCUT2D eigenvalue weighted by atomic mass is 9.89. The number of rotatable bonds is 3. The molecule has 3 nitrogen and oxygen atoms in total. The summed E-state index contributed by atoms with van der Waals surface area (Å²) in [6.07, 6.45) is 5.82. The highest BCUT2D eigenvalue weighted by Gasteiger charge is 2.36. The molecule has 0 unspecified atom stereocenters. The van der Waals surface area contributed by atoms with Gasteiger partial charge in [-0.1, -0.05) is 61.1 Å². The van der Waals surface area contributed by atoms with Crippen molar-refractivity contribution in [2.75, 3.05) is 0 Å². The summed E-state index contributed by atoms with van der Waals surface area (Å²) in [6, 6.07) is 4.82. The molecule has 6 heteroatoms. The number of halogens is 2. The molecule has 0 heterocycles. The first-order valence-electron chi connectivity index (χ1n) is 7.02. The van der Waals surface area contributed by atoms with Crippen LogP contribution < -0.4 is 11.1 Å². The van der Waals surface area contributed by atoms with Gasteiger partial charge in [-0.3, -0.25) is 4.79 Å². The average Bonchev–Trinajstić information content (AvgIpc) is 2.68. The van der Waals surface area contributed by atoms with Crippen molar-refractivity contribution in [2.45, 2.75) is 44.1 Å². The molecular weight excluding hydrogens is 327 g/mol. The van der Waals surface area contributed by atoms with Gasteiger partial charge in [0, 0.05) is 5.02 Å². The Bertz CT molecular complexity index is 555. The topological polar surface area (TPSA) is 55.1 Å². The first-order chi connectivity index (χ1) is 9.94. The molecule has 0 bridgehead atoms. The van der Waals surface area contributed by atoms with Gasteiger partial charge in [-0.15, -0.1) is 0 Å². The molecule has 21 heavy (non-hydrogen) atoms. The van der Waals surface area contributed by atoms with E-state index in [1.807, 2.05) is 0 Å². The molecule has 1 fully saturated rings. The zero-order valence-electron chi connectivity index (χ0n) is 11.6. The minimum absolute atomic E-state index is 0.280. The highest BCUT2D eigenvalue weighted by atomic mass is 35.5. The van der Waals surface area contributed by atoms with Crippen molar-refractivity contribution in [2.24, 2.45) is 5.73 Å². The van der Waals surface area contributed by atoms with E-state index in [9.17, 15) is 4.79 Å². The molecule has 2 rings (SSSR count). The van der Waals surface area contributed by atoms with Crippen molar-refractivity contribution in [3.8, 4) is 0 Å². The lowest BCUT2D eigenvalue weighted by Gasteiger charge is -2.33. The molecule has 0 atom stereocenters. The van der Waals surface area contributed by atoms with Crippen molar-refractivity contribution in [1.29, 1.82) is 0 Å². The van der Waals surface area contributed by atoms with Crippen molar-refractivity contribution < 1.29 is 4.79 Å². The average molecular weight is 345 g/mol. The molecule has 114 valence electrons. The number of amides is 1. The smallest absolute Gasteiger partial charge is 0.253 e. The fourth-order valence-electron chi connectivity index (χ4n) is 2.72. The summed E-state index contributed by atoms with van der Waals surface area (Å²) in [6.45, 7) is 0. The van der Waals surface area contributed by atoms with Crippen LogP contribution in [0.25, 0.3) is 0 Å². The van der Waals surface area contributed by atoms with Gasteiger partial charge in [0.05, 0.1) is 21.1 Å². The van der Waals surface area contributed by atoms with E-state index in [4.69, 9.17) is 41.2 Å². The monoisotopic (exact) mass is 344 g/mol. The molecule has 1 aliphatic carbocycles. The van der Waals surface area contributed by atoms with Crippen LogP contribution in [0.5, 0.6) is 0 Å². The van der Waals surface area contributed by atoms with Gasteiger partial charge in [0.2, 0.25) is 0 Å². The van der Waals surface area contributed by atoms with Gasteiger partial charge in [0.15, 0.2) is 0 Å². The van der Waals surface area contributed by atoms with Gasteiger partial charge < -0.3 is 11.1 Å². The minimum Gasteiger partial charge on any atom is -0.391 e. The van der Waals surface area contributed by atoms with Crippen LogP contribution >= 0.6 is 35.4 Å². The molecule has 1 aromatic carbocycles. The quantitative estimate of drug-likeness (QED) is 0.640. The van der Waals surface area contributed by atoms with Crippen molar-refractivity contribution in [3.63, 3.8) is 0 Å². The van der Waals surface area contributed by atoms with E-state index in [-0.39, 0.29) is 5.91 Å². The summed E-state index contributed by atoms with van der Waals surface area (Å²) in [5.41, 5.74) is 5.66. The predicted octanol–water partition coefficient (Wildman–Crippen LogP) is 4.10. The maximum Gasteiger partial charge on any atom is 0.253 e. The Hall–Kier alpha value is -0.840. The number of hydrogen-bond donors (Lipinski definition) is 2. The minimum atomic E-state index is -0.617. The standard InChI is InChI=1S/C15H18Cl2N2OS/c16-10-5-6-12(17)11(9-10)13(20)19-15(14(18)21)7-3-1-2-4-8-15/h5-6,9H,1-4,7-8H2,(H2,18,21)(H,19,20). The Balaban J connectivity index is 2.26. The SMILES string of the molecule is NC(=S)C1(NC(=O)c2cc(Cl)ccc2Cl)CCCCCC1. The third-order valence-corrected chi connectivity index (χ3v) is 4.91. The molecule has 1 aromatic rings. The van der Waals surface area contributed by atoms with Crippen molar-refractivity contribution >= 4 is 46.3 Å². The Kier molecular flexibility index (Phi) is 5.47. The zero-order chi connectivity index (χ0) is 15.5. The summed E-state index contributed by atoms with van der Waals surface area (Å²) < 4.78 is 0. The van der Waals surface area contributed by atoms with Crippen LogP contribution in [0, 0.1) is 0 Å². The Labute approximate surface area is 140 Å². The fourth-order valence-corrected chi connectivity index (χ4v) is 3.35. The second-order valence-corrected chi connectivity index (χ2v) is 6.72. The van der Waals surface area contributed by atoms with E-state index in [0.29, 0.717) is 20.6 Å². The summed E-state index contributed by atoms with van der Waals surface area (Å²) >= 11 is 17.2. The molecule has 0 aliphatic heterocycles. The first-order valence-corrected chi connectivity index (χ1v) is 8.18. The Morgan fingerprint density at radius 2 is 1.81 bits per heavy atom. The lowest BCUT2D eigenvalue weighted by Crippen LogP contribution is -2.56. The molecule has 1 aliphatic rings. The van der Waals surface area contributed by atoms with Gasteiger partial charge in [-0.2, -0.15) is 0 Å². The molecule has 0 spiro atoms. The number of carbonyl (C=O) groups is 1. The molecular formula is C15H18Cl2N2OS. The summed E-state index contributed by atoms with van der Waals surface area (Å²) in [5.74, 6) is -0.280. The molecule has 0 aromatic heterocycles. The summed E-state index contributed by atoms with van der Waals surface area (Å²) in [7, 11) is 0. The van der Waals surface area contributed by atoms with Crippen LogP contribution in [-0.4, -0.2) is 16.4 Å². The normalized spacial score (nSPS) is 17.8. The number of nitrogens with one attached hydrogen (secondary N) is 1. The molecule has 1 amide bonds. The van der Waals surface area contributed by atoms with Crippen LogP contribution in [0.4, 0.5) is 0 Å². The van der Waals surface area contributed by atoms with E-state index in [2.05, 4.69) is 5.32 Å². The highest BCUT2D eigenvalue weighted by Crippen LogP contribution is 2.29. The van der Waals surface area contributed by atoms with Gasteiger partial charge in [0.25, 0.3) is 5.91 Å². The number of benzene rings is 1. The van der Waals surface area contributed by atoms with Gasteiger partial charge in [-0.25, -0.2) is 0 Å². The zero-order valence-corrected chi connectivity index (χ0v) is 14.0. The van der Waals surface area contributed by atoms with Crippen molar-refractivity contribution in [3.05, 3.63) is 33.8 Å². The second-order valence-electron chi connectivity index (χ2n) is 5.44. The molecule has 0 radical (unpaired) electrons. The Morgan fingerprint density at radius 1 is 1.19 bits per heavy atom. The van der Waals surface area contributed by atoms with Crippen LogP contribution in [0.2, 0.25) is 10.0 Å². The number of hydrogen-bond acceptors (Lipinski definition) is 2. The van der Waals surface area contributed by atoms with E-state index in [1.54, 1.807) is 18.2 Å². The second kappa shape index (κ2) is 6.95. The summed E-state index contributed by atoms with van der Waals surface area (Å²) in [5, 5.41) is 3.84. The number of carbonyl (C=O) groups excluding carboxylic acids is 1. The van der Waals surface area contributed by atoms with E-state index in [0.717, 1.165) is 38.5 Å². The maximum atomic E-state index is 12.5. The third kappa shape index (κ3) is 3.87. The largest absolute Gasteiger partial charge is 0.391 e. The number of nitrogens with two attached hydrogens (primary N) is 1. The molecule has 3 N–H and O–H groups in total. The lowest BCUT2D eigenvalue weighted by molar-refractivity contribution is 0.0917. The summed E-state index contributed by atoms with van der Waals surface area (Å²) in [4.78, 5) is 12.9. The van der Waals surface area contributed by atoms with E-state index >= 15 is 0 Å². The van der Waals surface area contributed by atoms with Gasteiger partial charge >= 0.3 is 0 Å². The van der Waals surface area contributed by atoms with Crippen LogP contribution in [-0.2, 0) is 0 Å². The molecule has 0 saturated heterocycles. The first kappa shape index (κ1) is 16.5. The Morgan fingerprint density at radius 3 is 2.38 bits per heavy atom.